The van der Waals surface area contributed by atoms with Crippen molar-refractivity contribution in [3.8, 4) is 22.1 Å². The van der Waals surface area contributed by atoms with Gasteiger partial charge in [0.05, 0.1) is 9.58 Å². The Balaban J connectivity index is 1.34. The quantitative estimate of drug-likeness (QED) is 0.448. The third-order valence-electron chi connectivity index (χ3n) is 5.82. The number of nitrogens with one attached hydrogen (secondary N) is 1. The molecule has 1 fully saturated rings. The van der Waals surface area contributed by atoms with Gasteiger partial charge in [-0.2, -0.15) is 5.10 Å². The number of anilines is 2. The second-order valence-electron chi connectivity index (χ2n) is 8.13. The zero-order valence-corrected chi connectivity index (χ0v) is 19.8. The summed E-state index contributed by atoms with van der Waals surface area (Å²) < 4.78 is 12.6. The van der Waals surface area contributed by atoms with Crippen molar-refractivity contribution in [1.82, 2.24) is 14.8 Å². The standard InChI is InChI=1S/C23H21N5O4S2/c29-18(24-14-6-7-15-16(11-14)32-13-31-15)12-28-22(30)20-21(19(26-28)17-5-4-10-33-17)34-23(25-20)27-8-2-1-3-9-27/h4-7,10-11H,1-3,8-9,12-13H2,(H,24,29). The minimum absolute atomic E-state index is 0.157. The summed E-state index contributed by atoms with van der Waals surface area (Å²) in [5, 5.41) is 10.2. The lowest BCUT2D eigenvalue weighted by molar-refractivity contribution is -0.117. The number of carbonyl (C=O) groups excluding carboxylic acids is 1. The highest BCUT2D eigenvalue weighted by Gasteiger charge is 2.22. The molecule has 1 saturated heterocycles. The summed E-state index contributed by atoms with van der Waals surface area (Å²) >= 11 is 3.05. The first-order chi connectivity index (χ1) is 16.7. The van der Waals surface area contributed by atoms with E-state index >= 15 is 0 Å². The molecule has 1 aromatic carbocycles. The molecule has 34 heavy (non-hydrogen) atoms. The number of amides is 1. The van der Waals surface area contributed by atoms with Crippen molar-refractivity contribution < 1.29 is 14.3 Å². The van der Waals surface area contributed by atoms with Crippen LogP contribution in [0.15, 0.2) is 40.5 Å². The van der Waals surface area contributed by atoms with Gasteiger partial charge in [0.15, 0.2) is 22.1 Å². The summed E-state index contributed by atoms with van der Waals surface area (Å²) in [4.78, 5) is 34.0. The van der Waals surface area contributed by atoms with Gasteiger partial charge in [0, 0.05) is 24.8 Å². The highest BCUT2D eigenvalue weighted by atomic mass is 32.1. The van der Waals surface area contributed by atoms with E-state index in [1.807, 2.05) is 17.5 Å². The van der Waals surface area contributed by atoms with E-state index in [1.54, 1.807) is 29.5 Å². The van der Waals surface area contributed by atoms with Gasteiger partial charge in [-0.05, 0) is 42.8 Å². The van der Waals surface area contributed by atoms with E-state index in [4.69, 9.17) is 14.5 Å². The fraction of sp³-hybridized carbons (Fsp3) is 0.304. The number of carbonyl (C=O) groups is 1. The molecule has 6 rings (SSSR count). The molecule has 0 bridgehead atoms. The minimum atomic E-state index is -0.365. The molecule has 0 saturated carbocycles. The van der Waals surface area contributed by atoms with Crippen LogP contribution in [0.4, 0.5) is 10.8 Å². The maximum Gasteiger partial charge on any atom is 0.294 e. The Kier molecular flexibility index (Phi) is 5.42. The number of benzene rings is 1. The maximum absolute atomic E-state index is 13.3. The Morgan fingerprint density at radius 2 is 1.97 bits per heavy atom. The first kappa shape index (κ1) is 21.1. The van der Waals surface area contributed by atoms with Crippen molar-refractivity contribution in [2.45, 2.75) is 25.8 Å². The molecule has 11 heteroatoms. The van der Waals surface area contributed by atoms with E-state index in [0.717, 1.165) is 40.6 Å². The lowest BCUT2D eigenvalue weighted by Gasteiger charge is -2.25. The van der Waals surface area contributed by atoms with Crippen LogP contribution < -0.4 is 25.2 Å². The predicted octanol–water partition coefficient (Wildman–Crippen LogP) is 3.94. The van der Waals surface area contributed by atoms with Crippen LogP contribution in [0.25, 0.3) is 20.8 Å². The molecular formula is C23H21N5O4S2. The smallest absolute Gasteiger partial charge is 0.294 e. The summed E-state index contributed by atoms with van der Waals surface area (Å²) in [5.41, 5.74) is 1.24. The SMILES string of the molecule is O=C(Cn1nc(-c2cccs2)c2sc(N3CCCCC3)nc2c1=O)Nc1ccc2c(c1)OCO2. The molecule has 4 aromatic rings. The number of piperidine rings is 1. The van der Waals surface area contributed by atoms with Gasteiger partial charge >= 0.3 is 0 Å². The number of ether oxygens (including phenoxy) is 2. The summed E-state index contributed by atoms with van der Waals surface area (Å²) in [6, 6.07) is 9.08. The average molecular weight is 496 g/mol. The Labute approximate surface area is 202 Å². The first-order valence-electron chi connectivity index (χ1n) is 11.1. The first-order valence-corrected chi connectivity index (χ1v) is 12.8. The monoisotopic (exact) mass is 495 g/mol. The molecule has 0 unspecified atom stereocenters. The van der Waals surface area contributed by atoms with Gasteiger partial charge in [0.25, 0.3) is 5.56 Å². The number of aromatic nitrogens is 3. The zero-order valence-electron chi connectivity index (χ0n) is 18.2. The van der Waals surface area contributed by atoms with Crippen LogP contribution in [0.5, 0.6) is 11.5 Å². The summed E-state index contributed by atoms with van der Waals surface area (Å²) in [6.07, 6.45) is 3.46. The molecular weight excluding hydrogens is 474 g/mol. The molecule has 2 aliphatic heterocycles. The summed E-state index contributed by atoms with van der Waals surface area (Å²) in [6.45, 7) is 1.81. The van der Waals surface area contributed by atoms with E-state index in [0.29, 0.717) is 28.4 Å². The lowest BCUT2D eigenvalue weighted by atomic mass is 10.1. The van der Waals surface area contributed by atoms with Crippen molar-refractivity contribution in [2.24, 2.45) is 0 Å². The van der Waals surface area contributed by atoms with Crippen LogP contribution in [-0.4, -0.2) is 40.6 Å². The van der Waals surface area contributed by atoms with Gasteiger partial charge in [0.1, 0.15) is 12.2 Å². The molecule has 2 aliphatic rings. The average Bonchev–Trinajstić information content (AvgIpc) is 3.62. The Morgan fingerprint density at radius 1 is 1.12 bits per heavy atom. The largest absolute Gasteiger partial charge is 0.454 e. The summed E-state index contributed by atoms with van der Waals surface area (Å²) in [5.74, 6) is 0.841. The fourth-order valence-corrected chi connectivity index (χ4v) is 6.05. The van der Waals surface area contributed by atoms with Crippen LogP contribution >= 0.6 is 22.7 Å². The van der Waals surface area contributed by atoms with Gasteiger partial charge in [-0.25, -0.2) is 9.67 Å². The van der Waals surface area contributed by atoms with Crippen LogP contribution in [0.2, 0.25) is 0 Å². The number of rotatable bonds is 5. The molecule has 0 atom stereocenters. The van der Waals surface area contributed by atoms with Gasteiger partial charge in [-0.15, -0.1) is 11.3 Å². The topological polar surface area (TPSA) is 98.6 Å². The van der Waals surface area contributed by atoms with Crippen molar-refractivity contribution in [2.75, 3.05) is 30.1 Å². The number of thiophene rings is 1. The third kappa shape index (κ3) is 3.90. The van der Waals surface area contributed by atoms with Crippen molar-refractivity contribution in [1.29, 1.82) is 0 Å². The fourth-order valence-electron chi connectivity index (χ4n) is 4.16. The number of hydrogen-bond acceptors (Lipinski definition) is 9. The molecule has 1 N–H and O–H groups in total. The van der Waals surface area contributed by atoms with Crippen LogP contribution in [-0.2, 0) is 11.3 Å². The Hall–Kier alpha value is -3.44. The van der Waals surface area contributed by atoms with Crippen LogP contribution in [0.1, 0.15) is 19.3 Å². The molecule has 0 aliphatic carbocycles. The van der Waals surface area contributed by atoms with E-state index in [1.165, 1.54) is 22.4 Å². The molecule has 0 spiro atoms. The minimum Gasteiger partial charge on any atom is -0.454 e. The second-order valence-corrected chi connectivity index (χ2v) is 10.1. The normalized spacial score (nSPS) is 15.1. The van der Waals surface area contributed by atoms with E-state index in [-0.39, 0.29) is 24.8 Å². The molecule has 174 valence electrons. The van der Waals surface area contributed by atoms with E-state index < -0.39 is 0 Å². The van der Waals surface area contributed by atoms with E-state index in [9.17, 15) is 9.59 Å². The Bertz CT molecular complexity index is 1420. The highest BCUT2D eigenvalue weighted by molar-refractivity contribution is 7.23. The van der Waals surface area contributed by atoms with Gasteiger partial charge in [-0.3, -0.25) is 9.59 Å². The molecule has 1 amide bonds. The zero-order chi connectivity index (χ0) is 23.1. The summed E-state index contributed by atoms with van der Waals surface area (Å²) in [7, 11) is 0. The van der Waals surface area contributed by atoms with Gasteiger partial charge in [0.2, 0.25) is 12.7 Å². The van der Waals surface area contributed by atoms with E-state index in [2.05, 4.69) is 15.3 Å². The maximum atomic E-state index is 13.3. The number of nitrogens with zero attached hydrogens (tertiary/aromatic N) is 4. The number of fused-ring (bicyclic) bond motifs is 2. The lowest BCUT2D eigenvalue weighted by Crippen LogP contribution is -2.30. The molecule has 0 radical (unpaired) electrons. The predicted molar refractivity (Wildman–Crippen MR) is 132 cm³/mol. The third-order valence-corrected chi connectivity index (χ3v) is 7.82. The number of hydrogen-bond donors (Lipinski definition) is 1. The molecule has 3 aromatic heterocycles. The number of thiazole rings is 1. The second kappa shape index (κ2) is 8.73. The van der Waals surface area contributed by atoms with Crippen LogP contribution in [0, 0.1) is 0 Å². The van der Waals surface area contributed by atoms with Crippen LogP contribution in [0.3, 0.4) is 0 Å². The molecule has 9 nitrogen and oxygen atoms in total. The van der Waals surface area contributed by atoms with Crippen molar-refractivity contribution in [3.63, 3.8) is 0 Å². The Morgan fingerprint density at radius 3 is 2.79 bits per heavy atom. The highest BCUT2D eigenvalue weighted by Crippen LogP contribution is 2.36. The van der Waals surface area contributed by atoms with Crippen molar-refractivity contribution >= 4 is 49.6 Å². The van der Waals surface area contributed by atoms with Gasteiger partial charge in [-0.1, -0.05) is 17.4 Å². The van der Waals surface area contributed by atoms with Crippen molar-refractivity contribution in [3.05, 3.63) is 46.1 Å². The molecule has 5 heterocycles. The van der Waals surface area contributed by atoms with Gasteiger partial charge < -0.3 is 19.7 Å².